The quantitative estimate of drug-likeness (QED) is 0.205. The van der Waals surface area contributed by atoms with E-state index in [1.54, 1.807) is 41.4 Å². The van der Waals surface area contributed by atoms with E-state index in [4.69, 9.17) is 0 Å². The van der Waals surface area contributed by atoms with Gasteiger partial charge < -0.3 is 4.74 Å². The van der Waals surface area contributed by atoms with Gasteiger partial charge in [-0.25, -0.2) is 9.78 Å². The summed E-state index contributed by atoms with van der Waals surface area (Å²) in [6.45, 7) is 1.69. The highest BCUT2D eigenvalue weighted by atomic mass is 32.2. The Labute approximate surface area is 160 Å². The molecular weight excluding hydrogens is 364 g/mol. The minimum Gasteiger partial charge on any atom is -0.460 e. The fourth-order valence-electron chi connectivity index (χ4n) is 2.73. The van der Waals surface area contributed by atoms with Crippen molar-refractivity contribution in [3.63, 3.8) is 0 Å². The van der Waals surface area contributed by atoms with Crippen LogP contribution in [0.4, 0.5) is 0 Å². The molecule has 1 aromatic carbocycles. The first-order valence-corrected chi connectivity index (χ1v) is 9.62. The molecule has 0 N–H and O–H groups in total. The molecule has 0 bridgehead atoms. The predicted molar refractivity (Wildman–Crippen MR) is 103 cm³/mol. The Hall–Kier alpha value is -2.93. The van der Waals surface area contributed by atoms with Crippen molar-refractivity contribution in [3.05, 3.63) is 54.4 Å². The summed E-state index contributed by atoms with van der Waals surface area (Å²) in [6, 6.07) is 13.0. The van der Waals surface area contributed by atoms with Gasteiger partial charge in [-0.2, -0.15) is 0 Å². The van der Waals surface area contributed by atoms with Crippen LogP contribution in [-0.2, 0) is 14.3 Å². The zero-order valence-electron chi connectivity index (χ0n) is 15.0. The van der Waals surface area contributed by atoms with Crippen molar-refractivity contribution < 1.29 is 19.1 Å². The lowest BCUT2D eigenvalue weighted by atomic mass is 10.0. The fourth-order valence-corrected chi connectivity index (χ4v) is 3.13. The van der Waals surface area contributed by atoms with Gasteiger partial charge in [0, 0.05) is 16.7 Å². The Morgan fingerprint density at radius 3 is 2.52 bits per heavy atom. The zero-order chi connectivity index (χ0) is 19.4. The molecule has 3 rings (SSSR count). The summed E-state index contributed by atoms with van der Waals surface area (Å²) in [5, 5.41) is 0. The minimum atomic E-state index is -0.995. The van der Waals surface area contributed by atoms with E-state index < -0.39 is 24.0 Å². The molecule has 0 amide bonds. The molecule has 0 aliphatic heterocycles. The van der Waals surface area contributed by atoms with Gasteiger partial charge in [0.1, 0.15) is 17.0 Å². The maximum atomic E-state index is 12.9. The number of hydrogen-bond acceptors (Lipinski definition) is 6. The van der Waals surface area contributed by atoms with E-state index in [0.29, 0.717) is 11.3 Å². The number of thioether (sulfide) groups is 1. The van der Waals surface area contributed by atoms with Crippen LogP contribution >= 0.6 is 11.8 Å². The van der Waals surface area contributed by atoms with Gasteiger partial charge in [-0.15, -0.1) is 11.8 Å². The van der Waals surface area contributed by atoms with Crippen molar-refractivity contribution in [1.82, 2.24) is 9.38 Å². The smallest absolute Gasteiger partial charge is 0.375 e. The third-order valence-corrected chi connectivity index (χ3v) is 4.73. The second kappa shape index (κ2) is 8.18. The average molecular weight is 382 g/mol. The number of ketones is 2. The second-order valence-corrected chi connectivity index (χ2v) is 6.59. The number of pyridine rings is 1. The van der Waals surface area contributed by atoms with Crippen LogP contribution in [0.3, 0.4) is 0 Å². The molecule has 0 saturated carbocycles. The van der Waals surface area contributed by atoms with E-state index >= 15 is 0 Å². The van der Waals surface area contributed by atoms with Gasteiger partial charge >= 0.3 is 5.97 Å². The first-order chi connectivity index (χ1) is 13.0. The number of benzene rings is 1. The lowest BCUT2D eigenvalue weighted by Crippen LogP contribution is -2.21. The lowest BCUT2D eigenvalue weighted by Gasteiger charge is -2.05. The molecule has 3 aromatic rings. The molecule has 2 heterocycles. The van der Waals surface area contributed by atoms with E-state index in [0.717, 1.165) is 10.5 Å². The highest BCUT2D eigenvalue weighted by molar-refractivity contribution is 7.98. The van der Waals surface area contributed by atoms with Gasteiger partial charge in [0.25, 0.3) is 0 Å². The molecule has 0 aliphatic carbocycles. The lowest BCUT2D eigenvalue weighted by molar-refractivity contribution is -0.153. The molecule has 27 heavy (non-hydrogen) atoms. The normalized spacial score (nSPS) is 10.7. The highest BCUT2D eigenvalue weighted by Gasteiger charge is 2.25. The molecule has 0 radical (unpaired) electrons. The topological polar surface area (TPSA) is 77.7 Å². The van der Waals surface area contributed by atoms with E-state index in [2.05, 4.69) is 9.72 Å². The van der Waals surface area contributed by atoms with Crippen LogP contribution in [0.15, 0.2) is 53.6 Å². The fraction of sp³-hybridized carbons (Fsp3) is 0.200. The number of carbonyl (C=O) groups excluding carboxylic acids is 3. The van der Waals surface area contributed by atoms with Crippen molar-refractivity contribution in [2.75, 3.05) is 12.9 Å². The number of Topliss-reactive ketones (excluding diaryl/α,β-unsaturated/α-hetero) is 2. The van der Waals surface area contributed by atoms with Gasteiger partial charge in [0.2, 0.25) is 5.78 Å². The number of ether oxygens (including phenoxy) is 1. The molecule has 0 saturated heterocycles. The number of hydrogen-bond donors (Lipinski definition) is 0. The number of esters is 1. The summed E-state index contributed by atoms with van der Waals surface area (Å²) in [6.07, 6.45) is 3.14. The monoisotopic (exact) mass is 382 g/mol. The van der Waals surface area contributed by atoms with Gasteiger partial charge in [0.15, 0.2) is 5.78 Å². The number of fused-ring (bicyclic) bond motifs is 1. The predicted octanol–water partition coefficient (Wildman–Crippen LogP) is 3.43. The van der Waals surface area contributed by atoms with E-state index in [1.165, 1.54) is 0 Å². The second-order valence-electron chi connectivity index (χ2n) is 5.71. The number of carbonyl (C=O) groups is 3. The number of rotatable bonds is 7. The Kier molecular flexibility index (Phi) is 5.71. The SMILES string of the molecule is CCOC(=O)C(=O)CC(=O)c1c(-c2ccc(SC)cc2)nc2ccccn12. The molecule has 0 unspecified atom stereocenters. The largest absolute Gasteiger partial charge is 0.460 e. The van der Waals surface area contributed by atoms with Gasteiger partial charge in [-0.3, -0.25) is 14.0 Å². The molecule has 138 valence electrons. The summed E-state index contributed by atoms with van der Waals surface area (Å²) in [5.74, 6) is -2.34. The first-order valence-electron chi connectivity index (χ1n) is 8.39. The maximum Gasteiger partial charge on any atom is 0.375 e. The standard InChI is InChI=1S/C20H18N2O4S/c1-3-26-20(25)16(24)12-15(23)19-18(13-7-9-14(27-2)10-8-13)21-17-6-4-5-11-22(17)19/h4-11H,3,12H2,1-2H3. The van der Waals surface area contributed by atoms with Crippen molar-refractivity contribution >= 4 is 34.9 Å². The maximum absolute atomic E-state index is 12.9. The van der Waals surface area contributed by atoms with Crippen molar-refractivity contribution in [1.29, 1.82) is 0 Å². The molecule has 0 spiro atoms. The molecule has 0 atom stereocenters. The Morgan fingerprint density at radius 2 is 1.85 bits per heavy atom. The highest BCUT2D eigenvalue weighted by Crippen LogP contribution is 2.27. The molecule has 2 aromatic heterocycles. The van der Waals surface area contributed by atoms with Crippen LogP contribution < -0.4 is 0 Å². The zero-order valence-corrected chi connectivity index (χ0v) is 15.8. The van der Waals surface area contributed by atoms with Crippen molar-refractivity contribution in [3.8, 4) is 11.3 Å². The van der Waals surface area contributed by atoms with Crippen LogP contribution in [0.5, 0.6) is 0 Å². The summed E-state index contributed by atoms with van der Waals surface area (Å²) in [4.78, 5) is 42.1. The van der Waals surface area contributed by atoms with Crippen LogP contribution in [0.25, 0.3) is 16.9 Å². The Morgan fingerprint density at radius 1 is 1.11 bits per heavy atom. The van der Waals surface area contributed by atoms with Gasteiger partial charge in [-0.05, 0) is 37.4 Å². The minimum absolute atomic E-state index is 0.0847. The Balaban J connectivity index is 2.03. The number of nitrogens with zero attached hydrogens (tertiary/aromatic N) is 2. The summed E-state index contributed by atoms with van der Waals surface area (Å²) >= 11 is 1.62. The number of aromatic nitrogens is 2. The Bertz CT molecular complexity index is 1010. The van der Waals surface area contributed by atoms with E-state index in [-0.39, 0.29) is 12.3 Å². The van der Waals surface area contributed by atoms with Crippen LogP contribution in [0, 0.1) is 0 Å². The average Bonchev–Trinajstić information content (AvgIpc) is 3.07. The summed E-state index contributed by atoms with van der Waals surface area (Å²) in [7, 11) is 0. The molecule has 0 aliphatic rings. The first kappa shape index (κ1) is 18.8. The van der Waals surface area contributed by atoms with Crippen LogP contribution in [0.1, 0.15) is 23.8 Å². The van der Waals surface area contributed by atoms with Crippen molar-refractivity contribution in [2.45, 2.75) is 18.2 Å². The van der Waals surface area contributed by atoms with Gasteiger partial charge in [0.05, 0.1) is 13.0 Å². The number of imidazole rings is 1. The third-order valence-electron chi connectivity index (χ3n) is 3.98. The van der Waals surface area contributed by atoms with Crippen LogP contribution in [0.2, 0.25) is 0 Å². The summed E-state index contributed by atoms with van der Waals surface area (Å²) < 4.78 is 6.32. The third kappa shape index (κ3) is 3.93. The van der Waals surface area contributed by atoms with Crippen LogP contribution in [-0.4, -0.2) is 39.8 Å². The van der Waals surface area contributed by atoms with Gasteiger partial charge in [-0.1, -0.05) is 18.2 Å². The van der Waals surface area contributed by atoms with E-state index in [9.17, 15) is 14.4 Å². The van der Waals surface area contributed by atoms with Crippen molar-refractivity contribution in [2.24, 2.45) is 0 Å². The molecular formula is C20H18N2O4S. The molecule has 0 fully saturated rings. The molecule has 6 nitrogen and oxygen atoms in total. The summed E-state index contributed by atoms with van der Waals surface area (Å²) in [5.41, 5.74) is 2.12. The molecule has 7 heteroatoms. The van der Waals surface area contributed by atoms with E-state index in [1.807, 2.05) is 36.6 Å².